The minimum absolute atomic E-state index is 0.199. The number of hydrogen-bond acceptors (Lipinski definition) is 5. The maximum absolute atomic E-state index is 11.7. The van der Waals surface area contributed by atoms with E-state index in [1.54, 1.807) is 0 Å². The number of primary amides is 1. The third-order valence-electron chi connectivity index (χ3n) is 5.38. The zero-order valence-corrected chi connectivity index (χ0v) is 11.9. The van der Waals surface area contributed by atoms with Crippen molar-refractivity contribution in [3.05, 3.63) is 0 Å². The van der Waals surface area contributed by atoms with Gasteiger partial charge in [-0.3, -0.25) is 9.69 Å². The van der Waals surface area contributed by atoms with Crippen LogP contribution >= 0.6 is 0 Å². The lowest BCUT2D eigenvalue weighted by Crippen LogP contribution is -2.51. The number of fused-ring (bicyclic) bond motifs is 2. The molecule has 2 bridgehead atoms. The largest absolute Gasteiger partial charge is 0.399 e. The van der Waals surface area contributed by atoms with Crippen LogP contribution in [0.2, 0.25) is 0 Å². The van der Waals surface area contributed by atoms with Crippen LogP contribution in [0.1, 0.15) is 25.7 Å². The Hall–Kier alpha value is -1.14. The van der Waals surface area contributed by atoms with Gasteiger partial charge in [-0.15, -0.1) is 0 Å². The molecule has 0 aromatic heterocycles. The Morgan fingerprint density at radius 1 is 1.50 bits per heavy atom. The third kappa shape index (κ3) is 2.11. The fourth-order valence-corrected chi connectivity index (χ4v) is 4.65. The summed E-state index contributed by atoms with van der Waals surface area (Å²) in [6.07, 6.45) is 4.13. The molecule has 3 aliphatic rings. The molecule has 3 rings (SSSR count). The van der Waals surface area contributed by atoms with Crippen molar-refractivity contribution in [2.24, 2.45) is 28.6 Å². The van der Waals surface area contributed by atoms with Crippen LogP contribution in [0.4, 0.5) is 0 Å². The Labute approximate surface area is 118 Å². The molecule has 1 saturated heterocycles. The predicted octanol–water partition coefficient (Wildman–Crippen LogP) is -0.0446. The normalized spacial score (nSPS) is 42.5. The SMILES string of the molecule is CON=C1CC(C(N)=O)N([C@H]2[C@H]3CC[C@H](C3)[C@H]2CO)C1. The first-order valence-corrected chi connectivity index (χ1v) is 7.40. The van der Waals surface area contributed by atoms with Crippen LogP contribution in [-0.2, 0) is 9.63 Å². The van der Waals surface area contributed by atoms with E-state index in [-0.39, 0.29) is 30.5 Å². The third-order valence-corrected chi connectivity index (χ3v) is 5.38. The zero-order valence-electron chi connectivity index (χ0n) is 11.9. The van der Waals surface area contributed by atoms with Crippen LogP contribution in [0.3, 0.4) is 0 Å². The van der Waals surface area contributed by atoms with E-state index in [2.05, 4.69) is 10.1 Å². The molecule has 6 nitrogen and oxygen atoms in total. The monoisotopic (exact) mass is 281 g/mol. The number of amides is 1. The van der Waals surface area contributed by atoms with Gasteiger partial charge in [-0.2, -0.15) is 0 Å². The summed E-state index contributed by atoms with van der Waals surface area (Å²) in [7, 11) is 1.52. The van der Waals surface area contributed by atoms with Crippen LogP contribution in [0.25, 0.3) is 0 Å². The van der Waals surface area contributed by atoms with Gasteiger partial charge >= 0.3 is 0 Å². The van der Waals surface area contributed by atoms with Crippen molar-refractivity contribution in [3.8, 4) is 0 Å². The molecular weight excluding hydrogens is 258 g/mol. The number of aliphatic hydroxyl groups excluding tert-OH is 1. The molecule has 112 valence electrons. The summed E-state index contributed by atoms with van der Waals surface area (Å²) >= 11 is 0. The fourth-order valence-electron chi connectivity index (χ4n) is 4.65. The van der Waals surface area contributed by atoms with Gasteiger partial charge in [0.1, 0.15) is 7.11 Å². The van der Waals surface area contributed by atoms with Crippen molar-refractivity contribution in [1.29, 1.82) is 0 Å². The number of likely N-dealkylation sites (tertiary alicyclic amines) is 1. The Morgan fingerprint density at radius 2 is 2.25 bits per heavy atom. The summed E-state index contributed by atoms with van der Waals surface area (Å²) in [5, 5.41) is 13.7. The summed E-state index contributed by atoms with van der Waals surface area (Å²) in [6, 6.07) is -0.0388. The second-order valence-corrected chi connectivity index (χ2v) is 6.30. The summed E-state index contributed by atoms with van der Waals surface area (Å²) in [4.78, 5) is 18.8. The Bertz CT molecular complexity index is 426. The fraction of sp³-hybridized carbons (Fsp3) is 0.857. The lowest BCUT2D eigenvalue weighted by Gasteiger charge is -2.38. The van der Waals surface area contributed by atoms with Crippen molar-refractivity contribution < 1.29 is 14.7 Å². The maximum Gasteiger partial charge on any atom is 0.235 e. The van der Waals surface area contributed by atoms with Crippen molar-refractivity contribution in [2.45, 2.75) is 37.8 Å². The van der Waals surface area contributed by atoms with Gasteiger partial charge in [0.05, 0.1) is 11.8 Å². The van der Waals surface area contributed by atoms with E-state index >= 15 is 0 Å². The first kappa shape index (κ1) is 13.8. The molecule has 1 unspecified atom stereocenters. The number of nitrogens with zero attached hydrogens (tertiary/aromatic N) is 2. The molecule has 2 saturated carbocycles. The van der Waals surface area contributed by atoms with Crippen molar-refractivity contribution in [1.82, 2.24) is 4.90 Å². The molecule has 0 radical (unpaired) electrons. The first-order chi connectivity index (χ1) is 9.65. The van der Waals surface area contributed by atoms with Gasteiger partial charge < -0.3 is 15.7 Å². The second kappa shape index (κ2) is 5.33. The topological polar surface area (TPSA) is 88.2 Å². The number of carbonyl (C=O) groups excluding carboxylic acids is 1. The van der Waals surface area contributed by atoms with Crippen LogP contribution in [0.15, 0.2) is 5.16 Å². The lowest BCUT2D eigenvalue weighted by atomic mass is 9.83. The van der Waals surface area contributed by atoms with Gasteiger partial charge in [0.15, 0.2) is 0 Å². The van der Waals surface area contributed by atoms with E-state index in [0.29, 0.717) is 24.8 Å². The molecule has 1 amide bonds. The highest BCUT2D eigenvalue weighted by molar-refractivity contribution is 5.95. The van der Waals surface area contributed by atoms with Gasteiger partial charge in [0, 0.05) is 31.5 Å². The van der Waals surface area contributed by atoms with Gasteiger partial charge in [0.25, 0.3) is 0 Å². The van der Waals surface area contributed by atoms with Gasteiger partial charge in [0.2, 0.25) is 5.91 Å². The second-order valence-electron chi connectivity index (χ2n) is 6.30. The number of oxime groups is 1. The zero-order chi connectivity index (χ0) is 14.3. The molecule has 0 aromatic carbocycles. The van der Waals surface area contributed by atoms with E-state index in [1.807, 2.05) is 0 Å². The number of hydrogen-bond donors (Lipinski definition) is 2. The summed E-state index contributed by atoms with van der Waals surface area (Å²) in [6.45, 7) is 0.830. The standard InChI is InChI=1S/C14H23N3O3/c1-20-16-10-5-12(14(15)19)17(6-10)13-9-3-2-8(4-9)11(13)7-18/h8-9,11-13,18H,2-7H2,1H3,(H2,15,19)/t8-,9+,11-,12?,13+/m1/s1. The molecule has 2 aliphatic carbocycles. The maximum atomic E-state index is 11.7. The Kier molecular flexibility index (Phi) is 3.69. The van der Waals surface area contributed by atoms with Gasteiger partial charge in [-0.25, -0.2) is 0 Å². The number of rotatable bonds is 4. The van der Waals surface area contributed by atoms with Crippen molar-refractivity contribution >= 4 is 11.6 Å². The van der Waals surface area contributed by atoms with Crippen LogP contribution in [0.5, 0.6) is 0 Å². The highest BCUT2D eigenvalue weighted by Crippen LogP contribution is 2.51. The van der Waals surface area contributed by atoms with Crippen molar-refractivity contribution in [3.63, 3.8) is 0 Å². The smallest absolute Gasteiger partial charge is 0.235 e. The van der Waals surface area contributed by atoms with Crippen LogP contribution < -0.4 is 5.73 Å². The summed E-state index contributed by atoms with van der Waals surface area (Å²) in [5.74, 6) is 1.16. The van der Waals surface area contributed by atoms with Gasteiger partial charge in [-0.05, 0) is 31.1 Å². The Morgan fingerprint density at radius 3 is 2.90 bits per heavy atom. The number of nitrogens with two attached hydrogens (primary N) is 1. The molecule has 3 fully saturated rings. The predicted molar refractivity (Wildman–Crippen MR) is 73.9 cm³/mol. The Balaban J connectivity index is 1.84. The van der Waals surface area contributed by atoms with E-state index < -0.39 is 0 Å². The van der Waals surface area contributed by atoms with E-state index in [4.69, 9.17) is 10.6 Å². The molecule has 0 aromatic rings. The molecule has 6 heteroatoms. The average molecular weight is 281 g/mol. The minimum atomic E-state index is -0.303. The molecule has 0 spiro atoms. The molecule has 1 aliphatic heterocycles. The molecule has 3 N–H and O–H groups in total. The van der Waals surface area contributed by atoms with Crippen molar-refractivity contribution in [2.75, 3.05) is 20.3 Å². The van der Waals surface area contributed by atoms with E-state index in [1.165, 1.54) is 26.4 Å². The first-order valence-electron chi connectivity index (χ1n) is 7.40. The average Bonchev–Trinajstić information content (AvgIpc) is 3.10. The molecule has 1 heterocycles. The minimum Gasteiger partial charge on any atom is -0.399 e. The van der Waals surface area contributed by atoms with E-state index in [9.17, 15) is 9.90 Å². The summed E-state index contributed by atoms with van der Waals surface area (Å²) in [5.41, 5.74) is 6.43. The van der Waals surface area contributed by atoms with E-state index in [0.717, 1.165) is 5.71 Å². The van der Waals surface area contributed by atoms with Crippen LogP contribution in [0, 0.1) is 17.8 Å². The summed E-state index contributed by atoms with van der Waals surface area (Å²) < 4.78 is 0. The van der Waals surface area contributed by atoms with Crippen LogP contribution in [-0.4, -0.2) is 54.0 Å². The lowest BCUT2D eigenvalue weighted by molar-refractivity contribution is -0.124. The molecule has 20 heavy (non-hydrogen) atoms. The highest BCUT2D eigenvalue weighted by atomic mass is 16.6. The highest BCUT2D eigenvalue weighted by Gasteiger charge is 2.53. The molecular formula is C14H23N3O3. The number of carbonyl (C=O) groups is 1. The molecule has 5 atom stereocenters. The number of aliphatic hydroxyl groups is 1. The quantitative estimate of drug-likeness (QED) is 0.708. The van der Waals surface area contributed by atoms with Gasteiger partial charge in [-0.1, -0.05) is 5.16 Å².